The standard InChI is InChI=1S/C14H26O3/c1-4-16-14(12-8-6-5-7-9-12)13(15)10-17-11(2)3/h11-12,14H,4-10H2,1-3H3. The van der Waals surface area contributed by atoms with Crippen molar-refractivity contribution in [1.82, 2.24) is 0 Å². The number of rotatable bonds is 7. The molecule has 1 aliphatic rings. The molecule has 1 fully saturated rings. The molecule has 0 heterocycles. The lowest BCUT2D eigenvalue weighted by Gasteiger charge is -2.29. The highest BCUT2D eigenvalue weighted by Crippen LogP contribution is 2.28. The SMILES string of the molecule is CCOC(C(=O)COC(C)C)C1CCCCC1. The lowest BCUT2D eigenvalue weighted by molar-refractivity contribution is -0.140. The van der Waals surface area contributed by atoms with E-state index in [0.717, 1.165) is 12.8 Å². The van der Waals surface area contributed by atoms with Gasteiger partial charge in [0.1, 0.15) is 12.7 Å². The molecule has 1 unspecified atom stereocenters. The van der Waals surface area contributed by atoms with E-state index >= 15 is 0 Å². The van der Waals surface area contributed by atoms with Gasteiger partial charge in [-0.2, -0.15) is 0 Å². The zero-order chi connectivity index (χ0) is 12.7. The molecule has 1 atom stereocenters. The van der Waals surface area contributed by atoms with Gasteiger partial charge in [0, 0.05) is 6.61 Å². The van der Waals surface area contributed by atoms with Gasteiger partial charge in [-0.25, -0.2) is 0 Å². The van der Waals surface area contributed by atoms with E-state index in [0.29, 0.717) is 12.5 Å². The summed E-state index contributed by atoms with van der Waals surface area (Å²) in [6.45, 7) is 6.65. The third-order valence-electron chi connectivity index (χ3n) is 3.30. The molecule has 0 aromatic heterocycles. The van der Waals surface area contributed by atoms with E-state index < -0.39 is 0 Å². The molecule has 0 bridgehead atoms. The summed E-state index contributed by atoms with van der Waals surface area (Å²) in [7, 11) is 0. The monoisotopic (exact) mass is 242 g/mol. The molecule has 3 nitrogen and oxygen atoms in total. The Bertz CT molecular complexity index is 220. The Morgan fingerprint density at radius 1 is 1.18 bits per heavy atom. The van der Waals surface area contributed by atoms with Crippen molar-refractivity contribution < 1.29 is 14.3 Å². The Hall–Kier alpha value is -0.410. The average molecular weight is 242 g/mol. The summed E-state index contributed by atoms with van der Waals surface area (Å²) < 4.78 is 11.0. The molecule has 0 aliphatic heterocycles. The number of hydrogen-bond acceptors (Lipinski definition) is 3. The molecule has 1 saturated carbocycles. The summed E-state index contributed by atoms with van der Waals surface area (Å²) in [6, 6.07) is 0. The van der Waals surface area contributed by atoms with Crippen LogP contribution in [0.25, 0.3) is 0 Å². The van der Waals surface area contributed by atoms with Crippen molar-refractivity contribution in [2.45, 2.75) is 65.1 Å². The molecule has 1 rings (SSSR count). The first-order valence-corrected chi connectivity index (χ1v) is 6.91. The molecule has 3 heteroatoms. The lowest BCUT2D eigenvalue weighted by Crippen LogP contribution is -2.36. The number of Topliss-reactive ketones (excluding diaryl/α,β-unsaturated/α-hetero) is 1. The van der Waals surface area contributed by atoms with E-state index in [2.05, 4.69) is 0 Å². The maximum Gasteiger partial charge on any atom is 0.187 e. The minimum absolute atomic E-state index is 0.104. The summed E-state index contributed by atoms with van der Waals surface area (Å²) in [6.07, 6.45) is 5.87. The second-order valence-electron chi connectivity index (χ2n) is 5.10. The minimum atomic E-state index is -0.237. The Morgan fingerprint density at radius 3 is 2.35 bits per heavy atom. The van der Waals surface area contributed by atoms with Gasteiger partial charge in [0.2, 0.25) is 0 Å². The fraction of sp³-hybridized carbons (Fsp3) is 0.929. The number of carbonyl (C=O) groups is 1. The van der Waals surface area contributed by atoms with Crippen molar-refractivity contribution >= 4 is 5.78 Å². The van der Waals surface area contributed by atoms with Crippen LogP contribution in [0.4, 0.5) is 0 Å². The van der Waals surface area contributed by atoms with Gasteiger partial charge in [-0.05, 0) is 39.5 Å². The quantitative estimate of drug-likeness (QED) is 0.688. The smallest absolute Gasteiger partial charge is 0.187 e. The lowest BCUT2D eigenvalue weighted by atomic mass is 9.84. The van der Waals surface area contributed by atoms with Gasteiger partial charge in [0.05, 0.1) is 6.10 Å². The third-order valence-corrected chi connectivity index (χ3v) is 3.30. The van der Waals surface area contributed by atoms with Gasteiger partial charge in [-0.15, -0.1) is 0 Å². The average Bonchev–Trinajstić information content (AvgIpc) is 2.34. The van der Waals surface area contributed by atoms with E-state index in [1.54, 1.807) is 0 Å². The first kappa shape index (κ1) is 14.7. The zero-order valence-corrected chi connectivity index (χ0v) is 11.4. The molecule has 17 heavy (non-hydrogen) atoms. The second-order valence-corrected chi connectivity index (χ2v) is 5.10. The van der Waals surface area contributed by atoms with Crippen LogP contribution in [0.2, 0.25) is 0 Å². The number of hydrogen-bond donors (Lipinski definition) is 0. The highest BCUT2D eigenvalue weighted by molar-refractivity contribution is 5.84. The normalized spacial score (nSPS) is 19.5. The second kappa shape index (κ2) is 7.83. The summed E-state index contributed by atoms with van der Waals surface area (Å²) in [4.78, 5) is 12.1. The zero-order valence-electron chi connectivity index (χ0n) is 11.4. The Labute approximate surface area is 105 Å². The van der Waals surface area contributed by atoms with Gasteiger partial charge in [0.25, 0.3) is 0 Å². The Morgan fingerprint density at radius 2 is 1.82 bits per heavy atom. The van der Waals surface area contributed by atoms with Crippen LogP contribution < -0.4 is 0 Å². The van der Waals surface area contributed by atoms with Gasteiger partial charge in [-0.3, -0.25) is 4.79 Å². The van der Waals surface area contributed by atoms with Gasteiger partial charge in [0.15, 0.2) is 5.78 Å². The fourth-order valence-corrected chi connectivity index (χ4v) is 2.44. The van der Waals surface area contributed by atoms with E-state index in [-0.39, 0.29) is 24.6 Å². The molecule has 100 valence electrons. The fourth-order valence-electron chi connectivity index (χ4n) is 2.44. The van der Waals surface area contributed by atoms with Crippen molar-refractivity contribution in [3.05, 3.63) is 0 Å². The summed E-state index contributed by atoms with van der Waals surface area (Å²) >= 11 is 0. The largest absolute Gasteiger partial charge is 0.371 e. The summed E-state index contributed by atoms with van der Waals surface area (Å²) in [5.74, 6) is 0.527. The van der Waals surface area contributed by atoms with Crippen LogP contribution in [-0.4, -0.2) is 31.2 Å². The van der Waals surface area contributed by atoms with Gasteiger partial charge >= 0.3 is 0 Å². The van der Waals surface area contributed by atoms with E-state index in [1.807, 2.05) is 20.8 Å². The molecule has 0 radical (unpaired) electrons. The number of ether oxygens (including phenoxy) is 2. The summed E-state index contributed by atoms with van der Waals surface area (Å²) in [5.41, 5.74) is 0. The van der Waals surface area contributed by atoms with E-state index in [9.17, 15) is 4.79 Å². The van der Waals surface area contributed by atoms with Crippen molar-refractivity contribution in [3.63, 3.8) is 0 Å². The summed E-state index contributed by atoms with van der Waals surface area (Å²) in [5, 5.41) is 0. The topological polar surface area (TPSA) is 35.5 Å². The van der Waals surface area contributed by atoms with Crippen LogP contribution >= 0.6 is 0 Å². The van der Waals surface area contributed by atoms with Crippen molar-refractivity contribution in [1.29, 1.82) is 0 Å². The van der Waals surface area contributed by atoms with Crippen LogP contribution in [0.1, 0.15) is 52.9 Å². The van der Waals surface area contributed by atoms with Crippen LogP contribution in [0.3, 0.4) is 0 Å². The van der Waals surface area contributed by atoms with Crippen molar-refractivity contribution in [3.8, 4) is 0 Å². The van der Waals surface area contributed by atoms with E-state index in [1.165, 1.54) is 19.3 Å². The Kier molecular flexibility index (Phi) is 6.75. The molecular weight excluding hydrogens is 216 g/mol. The number of ketones is 1. The molecule has 1 aliphatic carbocycles. The molecular formula is C14H26O3. The van der Waals surface area contributed by atoms with Crippen LogP contribution in [0, 0.1) is 5.92 Å². The van der Waals surface area contributed by atoms with Gasteiger partial charge in [-0.1, -0.05) is 19.3 Å². The molecule has 0 aromatic carbocycles. The first-order valence-electron chi connectivity index (χ1n) is 6.91. The molecule has 0 amide bonds. The van der Waals surface area contributed by atoms with E-state index in [4.69, 9.17) is 9.47 Å². The molecule has 0 aromatic rings. The van der Waals surface area contributed by atoms with Gasteiger partial charge < -0.3 is 9.47 Å². The maximum absolute atomic E-state index is 12.1. The molecule has 0 saturated heterocycles. The molecule has 0 N–H and O–H groups in total. The highest BCUT2D eigenvalue weighted by Gasteiger charge is 2.29. The maximum atomic E-state index is 12.1. The van der Waals surface area contributed by atoms with Crippen molar-refractivity contribution in [2.24, 2.45) is 5.92 Å². The molecule has 0 spiro atoms. The van der Waals surface area contributed by atoms with Crippen molar-refractivity contribution in [2.75, 3.05) is 13.2 Å². The minimum Gasteiger partial charge on any atom is -0.371 e. The number of carbonyl (C=O) groups excluding carboxylic acids is 1. The highest BCUT2D eigenvalue weighted by atomic mass is 16.5. The predicted molar refractivity (Wildman–Crippen MR) is 68.1 cm³/mol. The Balaban J connectivity index is 2.47. The predicted octanol–water partition coefficient (Wildman–Crippen LogP) is 2.97. The van der Waals surface area contributed by atoms with Crippen LogP contribution in [-0.2, 0) is 14.3 Å². The first-order chi connectivity index (χ1) is 8.15. The van der Waals surface area contributed by atoms with Crippen LogP contribution in [0.5, 0.6) is 0 Å². The van der Waals surface area contributed by atoms with Crippen LogP contribution in [0.15, 0.2) is 0 Å². The third kappa shape index (κ3) is 5.17.